The number of hydrogen-bond donors (Lipinski definition) is 4. The van der Waals surface area contributed by atoms with Crippen molar-refractivity contribution in [2.45, 2.75) is 38.0 Å². The number of nitrogens with one attached hydrogen (secondary N) is 4. The van der Waals surface area contributed by atoms with Crippen molar-refractivity contribution in [1.29, 1.82) is 0 Å². The minimum atomic E-state index is -4.58. The molecule has 4 N–H and O–H groups in total. The number of allylic oxidation sites excluding steroid dienone is 1. The quantitative estimate of drug-likeness (QED) is 0.0650. The van der Waals surface area contributed by atoms with Gasteiger partial charge in [-0.05, 0) is 96.5 Å². The van der Waals surface area contributed by atoms with Gasteiger partial charge in [-0.15, -0.1) is 0 Å². The average molecular weight is 895 g/mol. The first kappa shape index (κ1) is 43.7. The molecule has 0 atom stereocenters. The molecule has 5 aromatic rings. The Labute approximate surface area is 371 Å². The van der Waals surface area contributed by atoms with E-state index in [4.69, 9.17) is 16.3 Å². The van der Waals surface area contributed by atoms with Crippen LogP contribution in [-0.2, 0) is 14.8 Å². The van der Waals surface area contributed by atoms with Crippen molar-refractivity contribution in [1.82, 2.24) is 24.8 Å². The molecule has 3 aliphatic rings. The van der Waals surface area contributed by atoms with Gasteiger partial charge in [-0.2, -0.15) is 0 Å². The van der Waals surface area contributed by atoms with Gasteiger partial charge in [0.1, 0.15) is 17.2 Å². The van der Waals surface area contributed by atoms with Crippen LogP contribution in [-0.4, -0.2) is 105 Å². The molecule has 2 fully saturated rings. The van der Waals surface area contributed by atoms with E-state index in [0.29, 0.717) is 25.4 Å². The van der Waals surface area contributed by atoms with Gasteiger partial charge in [0, 0.05) is 98.8 Å². The minimum Gasteiger partial charge on any atom is -0.456 e. The monoisotopic (exact) mass is 894 g/mol. The first-order valence-corrected chi connectivity index (χ1v) is 23.0. The second kappa shape index (κ2) is 18.4. The van der Waals surface area contributed by atoms with E-state index >= 15 is 0 Å². The number of H-pyrrole nitrogens is 1. The van der Waals surface area contributed by atoms with E-state index in [1.54, 1.807) is 24.3 Å². The lowest BCUT2D eigenvalue weighted by Crippen LogP contribution is -2.48. The van der Waals surface area contributed by atoms with E-state index in [-0.39, 0.29) is 41.4 Å². The van der Waals surface area contributed by atoms with Crippen LogP contribution in [0.15, 0.2) is 102 Å². The van der Waals surface area contributed by atoms with Crippen molar-refractivity contribution in [2.75, 3.05) is 75.7 Å². The fraction of sp³-hybridized carbons (Fsp3) is 0.348. The molecule has 0 saturated carbocycles. The number of nitro groups is 1. The van der Waals surface area contributed by atoms with Gasteiger partial charge in [-0.25, -0.2) is 13.1 Å². The molecule has 0 unspecified atom stereocenters. The van der Waals surface area contributed by atoms with Crippen molar-refractivity contribution in [3.05, 3.63) is 123 Å². The smallest absolute Gasteiger partial charge is 0.293 e. The highest BCUT2D eigenvalue weighted by Gasteiger charge is 2.30. The van der Waals surface area contributed by atoms with Crippen LogP contribution in [0.1, 0.15) is 49.0 Å². The highest BCUT2D eigenvalue weighted by Crippen LogP contribution is 2.43. The molecule has 0 radical (unpaired) electrons. The number of nitro benzene ring substituents is 1. The summed E-state index contributed by atoms with van der Waals surface area (Å²) in [5, 5.41) is 19.4. The molecule has 8 rings (SSSR count). The number of fused-ring (bicyclic) bond motifs is 1. The number of aromatic amines is 1. The molecule has 2 aliphatic heterocycles. The molecule has 3 heterocycles. The normalized spacial score (nSPS) is 17.4. The Morgan fingerprint density at radius 3 is 2.51 bits per heavy atom. The predicted molar refractivity (Wildman–Crippen MR) is 245 cm³/mol. The molecular weight excluding hydrogens is 844 g/mol. The minimum absolute atomic E-state index is 0.0313. The van der Waals surface area contributed by atoms with Crippen LogP contribution in [0.5, 0.6) is 11.5 Å². The number of nitrogens with zero attached hydrogens (tertiary/aromatic N) is 4. The molecule has 63 heavy (non-hydrogen) atoms. The SMILES string of the molecule is CC1(C)CCC(CN2CCN(c3ccc(C(=O)NS(=O)(=O)c4ccc(NCCN5CCNC(=O)C5)c([N+](=O)[O-])c4)c(Oc4ccc5[nH]ccc5c4)c3)CC2)=C(c2ccc(Cl)cc2)C1. The topological polar surface area (TPSA) is 182 Å². The van der Waals surface area contributed by atoms with Crippen molar-refractivity contribution >= 4 is 67.0 Å². The van der Waals surface area contributed by atoms with E-state index in [0.717, 1.165) is 79.7 Å². The third-order valence-corrected chi connectivity index (χ3v) is 13.6. The number of piperazine rings is 2. The standard InChI is InChI=1S/C46H51ClN8O7S/c1-46(2)15-13-33(39(28-46)31-3-5-34(47)6-4-31)29-53-21-23-54(24-22-53)35-7-10-38(43(26-35)62-36-8-11-40-32(25-36)14-16-48-40)45(57)51-63(60,61)37-9-12-41(42(27-37)55(58)59)49-17-19-52-20-18-50-44(56)30-52/h3-12,14,16,25-27,48-49H,13,15,17-24,28-30H2,1-2H3,(H,50,56)(H,51,57). The fourth-order valence-electron chi connectivity index (χ4n) is 8.55. The Hall–Kier alpha value is -5.94. The first-order chi connectivity index (χ1) is 30.2. The number of carbonyl (C=O) groups is 2. The number of hydrogen-bond acceptors (Lipinski definition) is 11. The molecule has 1 aliphatic carbocycles. The van der Waals surface area contributed by atoms with Gasteiger partial charge in [0.25, 0.3) is 21.6 Å². The van der Waals surface area contributed by atoms with E-state index in [9.17, 15) is 28.1 Å². The summed E-state index contributed by atoms with van der Waals surface area (Å²) in [7, 11) is -4.58. The number of ether oxygens (including phenoxy) is 1. The molecule has 4 aromatic carbocycles. The number of amides is 2. The van der Waals surface area contributed by atoms with Crippen LogP contribution < -0.4 is 25.0 Å². The van der Waals surface area contributed by atoms with Crippen molar-refractivity contribution in [3.8, 4) is 11.5 Å². The van der Waals surface area contributed by atoms with E-state index in [1.807, 2.05) is 41.4 Å². The van der Waals surface area contributed by atoms with Gasteiger partial charge < -0.3 is 25.3 Å². The number of benzene rings is 4. The van der Waals surface area contributed by atoms with Gasteiger partial charge in [0.05, 0.1) is 21.9 Å². The lowest BCUT2D eigenvalue weighted by molar-refractivity contribution is -0.384. The second-order valence-electron chi connectivity index (χ2n) is 17.1. The maximum absolute atomic E-state index is 13.9. The third-order valence-electron chi connectivity index (χ3n) is 12.1. The molecule has 0 spiro atoms. The second-order valence-corrected chi connectivity index (χ2v) is 19.2. The maximum atomic E-state index is 13.9. The Balaban J connectivity index is 0.989. The maximum Gasteiger partial charge on any atom is 0.293 e. The summed E-state index contributed by atoms with van der Waals surface area (Å²) in [4.78, 5) is 46.4. The van der Waals surface area contributed by atoms with Crippen molar-refractivity contribution in [2.24, 2.45) is 5.41 Å². The number of carbonyl (C=O) groups excluding carboxylic acids is 2. The molecule has 2 amide bonds. The van der Waals surface area contributed by atoms with Crippen LogP contribution in [0.2, 0.25) is 5.02 Å². The molecular formula is C46H51ClN8O7S. The fourth-order valence-corrected chi connectivity index (χ4v) is 9.66. The Morgan fingerprint density at radius 2 is 1.75 bits per heavy atom. The summed E-state index contributed by atoms with van der Waals surface area (Å²) in [5.74, 6) is -0.455. The molecule has 17 heteroatoms. The lowest BCUT2D eigenvalue weighted by Gasteiger charge is -2.39. The van der Waals surface area contributed by atoms with Crippen molar-refractivity contribution < 1.29 is 27.7 Å². The van der Waals surface area contributed by atoms with Gasteiger partial charge in [-0.3, -0.25) is 29.5 Å². The molecule has 0 bridgehead atoms. The van der Waals surface area contributed by atoms with Gasteiger partial charge in [0.2, 0.25) is 5.91 Å². The lowest BCUT2D eigenvalue weighted by atomic mass is 9.72. The van der Waals surface area contributed by atoms with Gasteiger partial charge in [0.15, 0.2) is 0 Å². The first-order valence-electron chi connectivity index (χ1n) is 21.1. The average Bonchev–Trinajstić information content (AvgIpc) is 3.73. The van der Waals surface area contributed by atoms with Crippen LogP contribution in [0.4, 0.5) is 17.1 Å². The summed E-state index contributed by atoms with van der Waals surface area (Å²) in [5.41, 5.74) is 5.64. The van der Waals surface area contributed by atoms with Crippen LogP contribution >= 0.6 is 11.6 Å². The zero-order valence-corrected chi connectivity index (χ0v) is 36.9. The highest BCUT2D eigenvalue weighted by atomic mass is 35.5. The summed E-state index contributed by atoms with van der Waals surface area (Å²) in [6.45, 7) is 10.7. The Morgan fingerprint density at radius 1 is 0.952 bits per heavy atom. The molecule has 2 saturated heterocycles. The summed E-state index contributed by atoms with van der Waals surface area (Å²) in [6.07, 6.45) is 5.00. The highest BCUT2D eigenvalue weighted by molar-refractivity contribution is 7.90. The Kier molecular flexibility index (Phi) is 12.8. The third kappa shape index (κ3) is 10.5. The zero-order chi connectivity index (χ0) is 44.3. The number of rotatable bonds is 14. The van der Waals surface area contributed by atoms with E-state index in [2.05, 4.69) is 56.1 Å². The largest absolute Gasteiger partial charge is 0.456 e. The number of halogens is 1. The van der Waals surface area contributed by atoms with E-state index in [1.165, 1.54) is 28.8 Å². The summed E-state index contributed by atoms with van der Waals surface area (Å²) in [6, 6.07) is 24.0. The Bertz CT molecular complexity index is 2680. The molecule has 330 valence electrons. The van der Waals surface area contributed by atoms with Crippen LogP contribution in [0.25, 0.3) is 16.5 Å². The van der Waals surface area contributed by atoms with Gasteiger partial charge >= 0.3 is 0 Å². The van der Waals surface area contributed by atoms with Gasteiger partial charge in [-0.1, -0.05) is 43.2 Å². The number of sulfonamides is 1. The summed E-state index contributed by atoms with van der Waals surface area (Å²) < 4.78 is 35.9. The van der Waals surface area contributed by atoms with Crippen LogP contribution in [0.3, 0.4) is 0 Å². The zero-order valence-electron chi connectivity index (χ0n) is 35.3. The summed E-state index contributed by atoms with van der Waals surface area (Å²) >= 11 is 6.24. The van der Waals surface area contributed by atoms with E-state index < -0.39 is 31.4 Å². The molecule has 15 nitrogen and oxygen atoms in total. The number of anilines is 2. The number of aromatic nitrogens is 1. The van der Waals surface area contributed by atoms with Crippen LogP contribution in [0, 0.1) is 15.5 Å². The van der Waals surface area contributed by atoms with Crippen molar-refractivity contribution in [3.63, 3.8) is 0 Å². The predicted octanol–water partition coefficient (Wildman–Crippen LogP) is 7.27. The molecule has 1 aromatic heterocycles.